The van der Waals surface area contributed by atoms with Gasteiger partial charge in [0.2, 0.25) is 11.2 Å². The predicted octanol–water partition coefficient (Wildman–Crippen LogP) is 4.46. The van der Waals surface area contributed by atoms with Crippen LogP contribution in [-0.2, 0) is 7.05 Å². The van der Waals surface area contributed by atoms with Crippen molar-refractivity contribution in [2.75, 3.05) is 0 Å². The van der Waals surface area contributed by atoms with Crippen molar-refractivity contribution in [3.8, 4) is 22.7 Å². The number of aromatic nitrogens is 5. The van der Waals surface area contributed by atoms with E-state index in [-0.39, 0.29) is 11.2 Å². The molecule has 0 spiro atoms. The maximum atomic E-state index is 6.07. The number of fused-ring (bicyclic) bond motifs is 1. The maximum absolute atomic E-state index is 6.07. The Labute approximate surface area is 149 Å². The normalized spacial score (nSPS) is 11.6. The number of hydrogen-bond donors (Lipinski definition) is 0. The zero-order valence-corrected chi connectivity index (χ0v) is 14.8. The number of para-hydroxylation sites is 1. The van der Waals surface area contributed by atoms with Crippen molar-refractivity contribution < 1.29 is 4.42 Å². The van der Waals surface area contributed by atoms with Gasteiger partial charge in [0.25, 0.3) is 5.89 Å². The molecule has 7 heteroatoms. The molecule has 0 aliphatic heterocycles. The Morgan fingerprint density at radius 1 is 1.12 bits per heavy atom. The summed E-state index contributed by atoms with van der Waals surface area (Å²) in [7, 11) is 2.00. The summed E-state index contributed by atoms with van der Waals surface area (Å²) in [6.45, 7) is 4.00. The summed E-state index contributed by atoms with van der Waals surface area (Å²) in [6.07, 6.45) is 3.65. The Kier molecular flexibility index (Phi) is 3.77. The standard InChI is InChI=1S/C18H16ClN5O/c1-10(2)16-22-23-17(25-16)12-8-20-18(19)21-15(12)13-9-24(3)14-7-5-4-6-11(13)14/h4-10H,1-3H3. The first-order valence-corrected chi connectivity index (χ1v) is 8.33. The van der Waals surface area contributed by atoms with Crippen molar-refractivity contribution in [2.24, 2.45) is 7.05 Å². The second kappa shape index (κ2) is 5.97. The summed E-state index contributed by atoms with van der Waals surface area (Å²) in [6, 6.07) is 8.12. The van der Waals surface area contributed by atoms with Crippen molar-refractivity contribution >= 4 is 22.5 Å². The van der Waals surface area contributed by atoms with E-state index in [2.05, 4.69) is 36.9 Å². The van der Waals surface area contributed by atoms with Gasteiger partial charge in [-0.1, -0.05) is 32.0 Å². The van der Waals surface area contributed by atoms with E-state index in [0.29, 0.717) is 23.0 Å². The third kappa shape index (κ3) is 2.68. The smallest absolute Gasteiger partial charge is 0.251 e. The molecular weight excluding hydrogens is 338 g/mol. The Morgan fingerprint density at radius 3 is 2.68 bits per heavy atom. The molecule has 0 atom stereocenters. The van der Waals surface area contributed by atoms with Crippen LogP contribution in [0.4, 0.5) is 0 Å². The summed E-state index contributed by atoms with van der Waals surface area (Å²) in [5.41, 5.74) is 3.39. The topological polar surface area (TPSA) is 69.6 Å². The summed E-state index contributed by atoms with van der Waals surface area (Å²) >= 11 is 6.07. The van der Waals surface area contributed by atoms with Crippen molar-refractivity contribution in [3.63, 3.8) is 0 Å². The van der Waals surface area contributed by atoms with E-state index < -0.39 is 0 Å². The van der Waals surface area contributed by atoms with Crippen LogP contribution in [0, 0.1) is 0 Å². The average molecular weight is 354 g/mol. The number of rotatable bonds is 3. The van der Waals surface area contributed by atoms with Crippen LogP contribution in [0.15, 0.2) is 41.1 Å². The highest BCUT2D eigenvalue weighted by Crippen LogP contribution is 2.35. The molecule has 0 aliphatic rings. The van der Waals surface area contributed by atoms with Gasteiger partial charge in [-0.2, -0.15) is 0 Å². The van der Waals surface area contributed by atoms with Crippen molar-refractivity contribution in [3.05, 3.63) is 47.8 Å². The highest BCUT2D eigenvalue weighted by molar-refractivity contribution is 6.28. The largest absolute Gasteiger partial charge is 0.420 e. The fraction of sp³-hybridized carbons (Fsp3) is 0.222. The van der Waals surface area contributed by atoms with Gasteiger partial charge in [-0.15, -0.1) is 10.2 Å². The lowest BCUT2D eigenvalue weighted by molar-refractivity contribution is 0.481. The molecular formula is C18H16ClN5O. The van der Waals surface area contributed by atoms with Crippen molar-refractivity contribution in [1.29, 1.82) is 0 Å². The maximum Gasteiger partial charge on any atom is 0.251 e. The SMILES string of the molecule is CC(C)c1nnc(-c2cnc(Cl)nc2-c2cn(C)c3ccccc23)o1. The van der Waals surface area contributed by atoms with E-state index >= 15 is 0 Å². The fourth-order valence-corrected chi connectivity index (χ4v) is 2.96. The summed E-state index contributed by atoms with van der Waals surface area (Å²) < 4.78 is 7.85. The predicted molar refractivity (Wildman–Crippen MR) is 96.3 cm³/mol. The lowest BCUT2D eigenvalue weighted by Crippen LogP contribution is -1.93. The van der Waals surface area contributed by atoms with E-state index in [0.717, 1.165) is 16.5 Å². The van der Waals surface area contributed by atoms with Gasteiger partial charge in [0.15, 0.2) is 0 Å². The first-order chi connectivity index (χ1) is 12.0. The number of hydrogen-bond acceptors (Lipinski definition) is 5. The minimum Gasteiger partial charge on any atom is -0.420 e. The van der Waals surface area contributed by atoms with Crippen LogP contribution in [-0.4, -0.2) is 24.7 Å². The van der Waals surface area contributed by atoms with Gasteiger partial charge in [0.1, 0.15) is 0 Å². The number of aryl methyl sites for hydroxylation is 1. The molecule has 126 valence electrons. The van der Waals surface area contributed by atoms with Gasteiger partial charge in [-0.05, 0) is 17.7 Å². The lowest BCUT2D eigenvalue weighted by Gasteiger charge is -2.05. The van der Waals surface area contributed by atoms with Gasteiger partial charge in [0.05, 0.1) is 11.3 Å². The Hall–Kier alpha value is -2.73. The summed E-state index contributed by atoms with van der Waals surface area (Å²) in [5, 5.41) is 9.52. The molecule has 4 rings (SSSR count). The third-order valence-electron chi connectivity index (χ3n) is 4.08. The molecule has 3 heterocycles. The molecule has 0 fully saturated rings. The van der Waals surface area contributed by atoms with Gasteiger partial charge in [-0.3, -0.25) is 0 Å². The van der Waals surface area contributed by atoms with Crippen LogP contribution in [0.25, 0.3) is 33.6 Å². The number of nitrogens with zero attached hydrogens (tertiary/aromatic N) is 5. The molecule has 1 aromatic carbocycles. The Balaban J connectivity index is 1.96. The number of benzene rings is 1. The monoisotopic (exact) mass is 353 g/mol. The van der Waals surface area contributed by atoms with E-state index in [1.165, 1.54) is 0 Å². The number of halogens is 1. The average Bonchev–Trinajstić information content (AvgIpc) is 3.21. The lowest BCUT2D eigenvalue weighted by atomic mass is 10.1. The Bertz CT molecular complexity index is 1070. The Morgan fingerprint density at radius 2 is 1.92 bits per heavy atom. The highest BCUT2D eigenvalue weighted by Gasteiger charge is 2.20. The summed E-state index contributed by atoms with van der Waals surface area (Å²) in [5.74, 6) is 1.12. The minimum atomic E-state index is 0.149. The van der Waals surface area contributed by atoms with E-state index in [4.69, 9.17) is 16.0 Å². The molecule has 0 radical (unpaired) electrons. The fourth-order valence-electron chi connectivity index (χ4n) is 2.83. The van der Waals surface area contributed by atoms with Crippen LogP contribution in [0.3, 0.4) is 0 Å². The molecule has 0 unspecified atom stereocenters. The van der Waals surface area contributed by atoms with E-state index in [1.807, 2.05) is 39.2 Å². The molecule has 0 aliphatic carbocycles. The van der Waals surface area contributed by atoms with E-state index in [9.17, 15) is 0 Å². The zero-order valence-electron chi connectivity index (χ0n) is 14.1. The second-order valence-corrected chi connectivity index (χ2v) is 6.51. The first kappa shape index (κ1) is 15.8. The van der Waals surface area contributed by atoms with Gasteiger partial charge in [0, 0.05) is 41.8 Å². The van der Waals surface area contributed by atoms with Crippen LogP contribution < -0.4 is 0 Å². The molecule has 3 aromatic heterocycles. The van der Waals surface area contributed by atoms with Crippen LogP contribution in [0.2, 0.25) is 5.28 Å². The van der Waals surface area contributed by atoms with E-state index in [1.54, 1.807) is 6.20 Å². The zero-order chi connectivity index (χ0) is 17.6. The molecule has 0 saturated carbocycles. The molecule has 0 N–H and O–H groups in total. The van der Waals surface area contributed by atoms with Crippen LogP contribution >= 0.6 is 11.6 Å². The van der Waals surface area contributed by atoms with Crippen LogP contribution in [0.1, 0.15) is 25.7 Å². The molecule has 0 bridgehead atoms. The van der Waals surface area contributed by atoms with Gasteiger partial charge in [-0.25, -0.2) is 9.97 Å². The highest BCUT2D eigenvalue weighted by atomic mass is 35.5. The second-order valence-electron chi connectivity index (χ2n) is 6.17. The quantitative estimate of drug-likeness (QED) is 0.508. The van der Waals surface area contributed by atoms with Crippen molar-refractivity contribution in [1.82, 2.24) is 24.7 Å². The van der Waals surface area contributed by atoms with Gasteiger partial charge < -0.3 is 8.98 Å². The van der Waals surface area contributed by atoms with Gasteiger partial charge >= 0.3 is 0 Å². The molecule has 0 amide bonds. The molecule has 4 aromatic rings. The first-order valence-electron chi connectivity index (χ1n) is 7.95. The third-order valence-corrected chi connectivity index (χ3v) is 4.26. The van der Waals surface area contributed by atoms with Crippen molar-refractivity contribution in [2.45, 2.75) is 19.8 Å². The minimum absolute atomic E-state index is 0.149. The molecule has 25 heavy (non-hydrogen) atoms. The molecule has 0 saturated heterocycles. The van der Waals surface area contributed by atoms with Crippen LogP contribution in [0.5, 0.6) is 0 Å². The molecule has 6 nitrogen and oxygen atoms in total. The summed E-state index contributed by atoms with van der Waals surface area (Å²) in [4.78, 5) is 8.55.